The van der Waals surface area contributed by atoms with E-state index in [1.165, 1.54) is 14.0 Å². The summed E-state index contributed by atoms with van der Waals surface area (Å²) in [5, 5.41) is 0. The molecule has 0 aromatic heterocycles. The van der Waals surface area contributed by atoms with Gasteiger partial charge in [-0.2, -0.15) is 0 Å². The van der Waals surface area contributed by atoms with Gasteiger partial charge in [0.25, 0.3) is 0 Å². The molecule has 0 aliphatic carbocycles. The minimum atomic E-state index is -0.728. The standard InChI is InChI=1S/C8H13NO4/c1-4-13-8(12)9(3)7(11)5-6(2)10/h4-5H2,1-3H3. The van der Waals surface area contributed by atoms with Crippen molar-refractivity contribution in [3.63, 3.8) is 0 Å². The fourth-order valence-electron chi connectivity index (χ4n) is 0.654. The Hall–Kier alpha value is -1.39. The highest BCUT2D eigenvalue weighted by molar-refractivity contribution is 6.02. The summed E-state index contributed by atoms with van der Waals surface area (Å²) in [7, 11) is 1.28. The van der Waals surface area contributed by atoms with Gasteiger partial charge in [0, 0.05) is 7.05 Å². The monoisotopic (exact) mass is 187 g/mol. The molecule has 0 atom stereocenters. The van der Waals surface area contributed by atoms with Crippen LogP contribution in [0, 0.1) is 0 Å². The molecule has 0 spiro atoms. The summed E-state index contributed by atoms with van der Waals surface area (Å²) in [6.07, 6.45) is -0.997. The molecule has 13 heavy (non-hydrogen) atoms. The first-order valence-electron chi connectivity index (χ1n) is 3.91. The molecule has 74 valence electrons. The average molecular weight is 187 g/mol. The smallest absolute Gasteiger partial charge is 0.416 e. The summed E-state index contributed by atoms with van der Waals surface area (Å²) in [5.41, 5.74) is 0. The quantitative estimate of drug-likeness (QED) is 0.606. The van der Waals surface area contributed by atoms with Gasteiger partial charge in [-0.15, -0.1) is 0 Å². The van der Waals surface area contributed by atoms with E-state index in [1.54, 1.807) is 6.92 Å². The third-order valence-corrected chi connectivity index (χ3v) is 1.32. The molecule has 5 nitrogen and oxygen atoms in total. The first kappa shape index (κ1) is 11.6. The largest absolute Gasteiger partial charge is 0.449 e. The Morgan fingerprint density at radius 1 is 1.31 bits per heavy atom. The maximum atomic E-state index is 11.1. The lowest BCUT2D eigenvalue weighted by molar-refractivity contribution is -0.132. The van der Waals surface area contributed by atoms with E-state index in [-0.39, 0.29) is 18.8 Å². The Kier molecular flexibility index (Phi) is 4.72. The van der Waals surface area contributed by atoms with E-state index in [4.69, 9.17) is 0 Å². The topological polar surface area (TPSA) is 63.7 Å². The van der Waals surface area contributed by atoms with Crippen molar-refractivity contribution in [3.8, 4) is 0 Å². The van der Waals surface area contributed by atoms with Crippen molar-refractivity contribution in [1.82, 2.24) is 4.90 Å². The number of ketones is 1. The van der Waals surface area contributed by atoms with Gasteiger partial charge < -0.3 is 4.74 Å². The first-order valence-corrected chi connectivity index (χ1v) is 3.91. The third-order valence-electron chi connectivity index (χ3n) is 1.32. The molecule has 0 saturated heterocycles. The molecule has 0 radical (unpaired) electrons. The van der Waals surface area contributed by atoms with E-state index in [0.29, 0.717) is 0 Å². The Morgan fingerprint density at radius 2 is 1.85 bits per heavy atom. The van der Waals surface area contributed by atoms with Crippen molar-refractivity contribution in [2.45, 2.75) is 20.3 Å². The average Bonchev–Trinajstić information content (AvgIpc) is 2.02. The predicted octanol–water partition coefficient (Wildman–Crippen LogP) is 0.580. The van der Waals surface area contributed by atoms with Crippen molar-refractivity contribution < 1.29 is 19.1 Å². The fourth-order valence-corrected chi connectivity index (χ4v) is 0.654. The summed E-state index contributed by atoms with van der Waals surface area (Å²) < 4.78 is 4.56. The number of Topliss-reactive ketones (excluding diaryl/α,β-unsaturated/α-hetero) is 1. The number of ether oxygens (including phenoxy) is 1. The SMILES string of the molecule is CCOC(=O)N(C)C(=O)CC(C)=O. The summed E-state index contributed by atoms with van der Waals surface area (Å²) in [6, 6.07) is 0. The van der Waals surface area contributed by atoms with Gasteiger partial charge in [0.1, 0.15) is 5.78 Å². The van der Waals surface area contributed by atoms with E-state index in [1.807, 2.05) is 0 Å². The number of imide groups is 1. The van der Waals surface area contributed by atoms with Crippen LogP contribution >= 0.6 is 0 Å². The van der Waals surface area contributed by atoms with Gasteiger partial charge >= 0.3 is 6.09 Å². The van der Waals surface area contributed by atoms with Gasteiger partial charge in [0.2, 0.25) is 5.91 Å². The Labute approximate surface area is 76.7 Å². The highest BCUT2D eigenvalue weighted by atomic mass is 16.6. The molecule has 0 heterocycles. The van der Waals surface area contributed by atoms with Crippen LogP contribution in [-0.2, 0) is 14.3 Å². The summed E-state index contributed by atoms with van der Waals surface area (Å²) in [5.74, 6) is -0.827. The molecule has 2 amide bonds. The van der Waals surface area contributed by atoms with Gasteiger partial charge in [-0.3, -0.25) is 14.5 Å². The lowest BCUT2D eigenvalue weighted by Gasteiger charge is -2.13. The molecule has 0 N–H and O–H groups in total. The Morgan fingerprint density at radius 3 is 2.23 bits per heavy atom. The van der Waals surface area contributed by atoms with E-state index in [2.05, 4.69) is 4.74 Å². The predicted molar refractivity (Wildman–Crippen MR) is 45.1 cm³/mol. The van der Waals surface area contributed by atoms with Crippen LogP contribution in [-0.4, -0.2) is 36.3 Å². The normalized spacial score (nSPS) is 9.15. The van der Waals surface area contributed by atoms with Crippen molar-refractivity contribution in [2.75, 3.05) is 13.7 Å². The number of hydrogen-bond acceptors (Lipinski definition) is 4. The zero-order valence-corrected chi connectivity index (χ0v) is 7.99. The molecule has 0 bridgehead atoms. The molecule has 0 unspecified atom stereocenters. The second-order valence-electron chi connectivity index (χ2n) is 2.53. The van der Waals surface area contributed by atoms with Crippen LogP contribution in [0.2, 0.25) is 0 Å². The molecule has 5 heteroatoms. The molecule has 0 aliphatic heterocycles. The van der Waals surface area contributed by atoms with Gasteiger partial charge in [-0.1, -0.05) is 0 Å². The fraction of sp³-hybridized carbons (Fsp3) is 0.625. The minimum Gasteiger partial charge on any atom is -0.449 e. The number of amides is 2. The van der Waals surface area contributed by atoms with Crippen molar-refractivity contribution >= 4 is 17.8 Å². The molecule has 0 fully saturated rings. The second kappa shape index (κ2) is 5.29. The Balaban J connectivity index is 4.09. The number of carbonyl (C=O) groups is 3. The summed E-state index contributed by atoms with van der Waals surface area (Å²) in [6.45, 7) is 3.13. The zero-order chi connectivity index (χ0) is 10.4. The second-order valence-corrected chi connectivity index (χ2v) is 2.53. The van der Waals surface area contributed by atoms with Crippen LogP contribution in [0.25, 0.3) is 0 Å². The van der Waals surface area contributed by atoms with Crippen LogP contribution in [0.4, 0.5) is 4.79 Å². The van der Waals surface area contributed by atoms with Crippen molar-refractivity contribution in [3.05, 3.63) is 0 Å². The van der Waals surface area contributed by atoms with Crippen LogP contribution in [0.3, 0.4) is 0 Å². The van der Waals surface area contributed by atoms with Gasteiger partial charge in [0.05, 0.1) is 13.0 Å². The third kappa shape index (κ3) is 4.25. The Bertz CT molecular complexity index is 224. The lowest BCUT2D eigenvalue weighted by atomic mass is 10.3. The van der Waals surface area contributed by atoms with Crippen molar-refractivity contribution in [1.29, 1.82) is 0 Å². The minimum absolute atomic E-state index is 0.205. The number of carbonyl (C=O) groups excluding carboxylic acids is 3. The molecule has 0 aromatic carbocycles. The van der Waals surface area contributed by atoms with Crippen LogP contribution < -0.4 is 0 Å². The van der Waals surface area contributed by atoms with Gasteiger partial charge in [-0.05, 0) is 13.8 Å². The van der Waals surface area contributed by atoms with Crippen LogP contribution in [0.15, 0.2) is 0 Å². The first-order chi connectivity index (χ1) is 5.99. The summed E-state index contributed by atoms with van der Waals surface area (Å²) >= 11 is 0. The molecular weight excluding hydrogens is 174 g/mol. The molecule has 0 saturated carbocycles. The van der Waals surface area contributed by atoms with Gasteiger partial charge in [0.15, 0.2) is 0 Å². The number of rotatable bonds is 3. The molecule has 0 aliphatic rings. The molecule has 0 rings (SSSR count). The van der Waals surface area contributed by atoms with E-state index < -0.39 is 12.0 Å². The number of hydrogen-bond donors (Lipinski definition) is 0. The van der Waals surface area contributed by atoms with Gasteiger partial charge in [-0.25, -0.2) is 4.79 Å². The molecular formula is C8H13NO4. The highest BCUT2D eigenvalue weighted by Crippen LogP contribution is 1.95. The zero-order valence-electron chi connectivity index (χ0n) is 7.99. The van der Waals surface area contributed by atoms with Crippen LogP contribution in [0.1, 0.15) is 20.3 Å². The maximum Gasteiger partial charge on any atom is 0.416 e. The van der Waals surface area contributed by atoms with Crippen molar-refractivity contribution in [2.24, 2.45) is 0 Å². The van der Waals surface area contributed by atoms with Crippen LogP contribution in [0.5, 0.6) is 0 Å². The number of nitrogens with zero attached hydrogens (tertiary/aromatic N) is 1. The maximum absolute atomic E-state index is 11.1. The van der Waals surface area contributed by atoms with E-state index in [9.17, 15) is 14.4 Å². The highest BCUT2D eigenvalue weighted by Gasteiger charge is 2.18. The molecule has 0 aromatic rings. The lowest BCUT2D eigenvalue weighted by Crippen LogP contribution is -2.34. The van der Waals surface area contributed by atoms with E-state index in [0.717, 1.165) is 4.90 Å². The summed E-state index contributed by atoms with van der Waals surface area (Å²) in [4.78, 5) is 33.3. The van der Waals surface area contributed by atoms with E-state index >= 15 is 0 Å².